The molecule has 2 aliphatic rings. The first kappa shape index (κ1) is 19.8. The highest BCUT2D eigenvalue weighted by Gasteiger charge is 2.69. The molecule has 1 amide bonds. The van der Waals surface area contributed by atoms with E-state index in [1.54, 1.807) is 39.0 Å². The first-order valence-electron chi connectivity index (χ1n) is 9.47. The maximum Gasteiger partial charge on any atom is 0.317 e. The second-order valence-corrected chi connectivity index (χ2v) is 8.79. The molecule has 27 heavy (non-hydrogen) atoms. The van der Waals surface area contributed by atoms with Crippen LogP contribution < -0.4 is 0 Å². The van der Waals surface area contributed by atoms with Crippen LogP contribution in [0.2, 0.25) is 0 Å². The quantitative estimate of drug-likeness (QED) is 0.822. The Morgan fingerprint density at radius 2 is 2.00 bits per heavy atom. The van der Waals surface area contributed by atoms with E-state index < -0.39 is 28.6 Å². The number of fused-ring (bicyclic) bond motifs is 1. The van der Waals surface area contributed by atoms with Gasteiger partial charge in [-0.3, -0.25) is 9.59 Å². The van der Waals surface area contributed by atoms with Crippen LogP contribution in [-0.2, 0) is 20.7 Å². The van der Waals surface area contributed by atoms with Gasteiger partial charge in [0.25, 0.3) is 0 Å². The van der Waals surface area contributed by atoms with Crippen molar-refractivity contribution in [1.29, 1.82) is 0 Å². The number of hydrogen-bond donors (Lipinski definition) is 1. The summed E-state index contributed by atoms with van der Waals surface area (Å²) in [5.74, 6) is -1.48. The molecule has 0 bridgehead atoms. The topological polar surface area (TPSA) is 66.8 Å². The molecule has 2 fully saturated rings. The number of halogens is 1. The third kappa shape index (κ3) is 3.14. The van der Waals surface area contributed by atoms with Crippen molar-refractivity contribution in [2.24, 2.45) is 11.3 Å². The number of rotatable bonds is 3. The largest absolute Gasteiger partial charge is 0.459 e. The van der Waals surface area contributed by atoms with Crippen molar-refractivity contribution in [3.63, 3.8) is 0 Å². The van der Waals surface area contributed by atoms with E-state index in [0.29, 0.717) is 18.4 Å². The number of ether oxygens (including phenoxy) is 1. The average molecular weight is 377 g/mol. The molecule has 0 unspecified atom stereocenters. The summed E-state index contributed by atoms with van der Waals surface area (Å²) in [4.78, 5) is 26.8. The van der Waals surface area contributed by atoms with Crippen molar-refractivity contribution in [2.45, 2.75) is 64.2 Å². The van der Waals surface area contributed by atoms with Crippen molar-refractivity contribution in [3.8, 4) is 0 Å². The minimum absolute atomic E-state index is 0.185. The predicted molar refractivity (Wildman–Crippen MR) is 98.1 cm³/mol. The van der Waals surface area contributed by atoms with E-state index in [1.165, 1.54) is 18.0 Å². The summed E-state index contributed by atoms with van der Waals surface area (Å²) in [7, 11) is 1.53. The van der Waals surface area contributed by atoms with Crippen LogP contribution in [-0.4, -0.2) is 40.3 Å². The van der Waals surface area contributed by atoms with Crippen LogP contribution >= 0.6 is 0 Å². The van der Waals surface area contributed by atoms with E-state index in [0.717, 1.165) is 0 Å². The number of likely N-dealkylation sites (tertiary alicyclic amines) is 1. The Labute approximate surface area is 159 Å². The molecule has 5 nitrogen and oxygen atoms in total. The zero-order chi connectivity index (χ0) is 20.0. The Morgan fingerprint density at radius 3 is 2.63 bits per heavy atom. The van der Waals surface area contributed by atoms with Gasteiger partial charge < -0.3 is 14.7 Å². The lowest BCUT2D eigenvalue weighted by atomic mass is 9.69. The maximum atomic E-state index is 14.2. The number of benzene rings is 1. The predicted octanol–water partition coefficient (Wildman–Crippen LogP) is 3.05. The monoisotopic (exact) mass is 377 g/mol. The van der Waals surface area contributed by atoms with Crippen LogP contribution in [0, 0.1) is 17.2 Å². The van der Waals surface area contributed by atoms with Gasteiger partial charge in [-0.05, 0) is 58.1 Å². The van der Waals surface area contributed by atoms with Crippen molar-refractivity contribution in [3.05, 3.63) is 35.6 Å². The van der Waals surface area contributed by atoms with E-state index in [4.69, 9.17) is 4.74 Å². The van der Waals surface area contributed by atoms with Gasteiger partial charge in [0.1, 0.15) is 16.8 Å². The van der Waals surface area contributed by atoms with Gasteiger partial charge in [-0.1, -0.05) is 18.2 Å². The van der Waals surface area contributed by atoms with Crippen molar-refractivity contribution >= 4 is 11.9 Å². The third-order valence-corrected chi connectivity index (χ3v) is 6.06. The van der Waals surface area contributed by atoms with Crippen LogP contribution in [0.1, 0.15) is 52.0 Å². The molecule has 3 atom stereocenters. The van der Waals surface area contributed by atoms with Gasteiger partial charge in [0.05, 0.1) is 0 Å². The lowest BCUT2D eigenvalue weighted by Gasteiger charge is -2.52. The molecule has 1 heterocycles. The zero-order valence-electron chi connectivity index (χ0n) is 16.4. The molecule has 1 saturated carbocycles. The second-order valence-electron chi connectivity index (χ2n) is 8.79. The normalized spacial score (nSPS) is 31.0. The van der Waals surface area contributed by atoms with Gasteiger partial charge in [-0.2, -0.15) is 0 Å². The fraction of sp³-hybridized carbons (Fsp3) is 0.619. The minimum Gasteiger partial charge on any atom is -0.459 e. The number of amides is 1. The Morgan fingerprint density at radius 1 is 1.33 bits per heavy atom. The highest BCUT2D eigenvalue weighted by atomic mass is 19.1. The number of aliphatic hydroxyl groups is 1. The molecular weight excluding hydrogens is 349 g/mol. The Bertz CT molecular complexity index is 759. The van der Waals surface area contributed by atoms with Crippen molar-refractivity contribution < 1.29 is 23.8 Å². The van der Waals surface area contributed by atoms with Crippen LogP contribution in [0.3, 0.4) is 0 Å². The summed E-state index contributed by atoms with van der Waals surface area (Å²) in [5.41, 5.74) is -3.09. The van der Waals surface area contributed by atoms with E-state index in [1.807, 2.05) is 0 Å². The number of nitrogens with zero attached hydrogens (tertiary/aromatic N) is 1. The lowest BCUT2D eigenvalue weighted by Crippen LogP contribution is -2.67. The molecule has 0 spiro atoms. The number of hydrogen-bond acceptors (Lipinski definition) is 4. The fourth-order valence-corrected chi connectivity index (χ4v) is 4.68. The molecular formula is C21H28FNO4. The van der Waals surface area contributed by atoms with Crippen LogP contribution in [0.25, 0.3) is 0 Å². The number of piperidine rings is 1. The highest BCUT2D eigenvalue weighted by molar-refractivity contribution is 5.86. The number of esters is 1. The summed E-state index contributed by atoms with van der Waals surface area (Å²) < 4.78 is 19.8. The van der Waals surface area contributed by atoms with Gasteiger partial charge in [0, 0.05) is 19.4 Å². The first-order chi connectivity index (χ1) is 12.5. The van der Waals surface area contributed by atoms with Gasteiger partial charge in [0.2, 0.25) is 5.91 Å². The molecule has 1 aromatic rings. The number of carbonyl (C=O) groups excluding carboxylic acids is 2. The smallest absolute Gasteiger partial charge is 0.317 e. The van der Waals surface area contributed by atoms with Crippen LogP contribution in [0.15, 0.2) is 24.3 Å². The molecule has 1 N–H and O–H groups in total. The van der Waals surface area contributed by atoms with E-state index >= 15 is 0 Å². The van der Waals surface area contributed by atoms with Gasteiger partial charge in [-0.15, -0.1) is 0 Å². The molecule has 6 heteroatoms. The van der Waals surface area contributed by atoms with E-state index in [-0.39, 0.29) is 31.0 Å². The minimum atomic E-state index is -1.69. The molecule has 3 rings (SSSR count). The summed E-state index contributed by atoms with van der Waals surface area (Å²) in [6.07, 6.45) is 1.61. The Kier molecular flexibility index (Phi) is 4.83. The van der Waals surface area contributed by atoms with E-state index in [2.05, 4.69) is 0 Å². The van der Waals surface area contributed by atoms with Crippen LogP contribution in [0.5, 0.6) is 0 Å². The molecule has 1 aromatic carbocycles. The molecule has 1 aliphatic heterocycles. The van der Waals surface area contributed by atoms with Crippen molar-refractivity contribution in [2.75, 3.05) is 7.05 Å². The van der Waals surface area contributed by atoms with Crippen LogP contribution in [0.4, 0.5) is 4.39 Å². The summed E-state index contributed by atoms with van der Waals surface area (Å²) in [6, 6.07) is 6.42. The number of carbonyl (C=O) groups is 2. The molecule has 0 radical (unpaired) electrons. The standard InChI is InChI=1S/C21H28FNO4/c1-19(2,3)27-18(25)20-11-9-15(13-14-7-5-6-8-16(14)22)21(20,26)23(4)17(24)10-12-20/h5-8,15,26H,9-13H2,1-4H3/t15-,20+,21-/m1/s1. The Balaban J connectivity index is 2.00. The highest BCUT2D eigenvalue weighted by Crippen LogP contribution is 2.58. The summed E-state index contributed by atoms with van der Waals surface area (Å²) in [6.45, 7) is 5.35. The Hall–Kier alpha value is -1.95. The summed E-state index contributed by atoms with van der Waals surface area (Å²) >= 11 is 0. The lowest BCUT2D eigenvalue weighted by molar-refractivity contribution is -0.231. The van der Waals surface area contributed by atoms with E-state index in [9.17, 15) is 19.1 Å². The summed E-state index contributed by atoms with van der Waals surface area (Å²) in [5, 5.41) is 11.8. The maximum absolute atomic E-state index is 14.2. The first-order valence-corrected chi connectivity index (χ1v) is 9.47. The fourth-order valence-electron chi connectivity index (χ4n) is 4.68. The average Bonchev–Trinajstić information content (AvgIpc) is 2.87. The van der Waals surface area contributed by atoms with Gasteiger partial charge in [0.15, 0.2) is 5.72 Å². The molecule has 148 valence electrons. The molecule has 0 aromatic heterocycles. The zero-order valence-corrected chi connectivity index (χ0v) is 16.4. The van der Waals surface area contributed by atoms with Gasteiger partial charge in [-0.25, -0.2) is 4.39 Å². The third-order valence-electron chi connectivity index (χ3n) is 6.06. The SMILES string of the molecule is CN1C(=O)CC[C@]2(C(=O)OC(C)(C)C)CC[C@H](Cc3ccccc3F)[C@]12O. The molecule has 1 aliphatic carbocycles. The molecule has 1 saturated heterocycles. The van der Waals surface area contributed by atoms with Gasteiger partial charge >= 0.3 is 5.97 Å². The second kappa shape index (κ2) is 6.59. The van der Waals surface area contributed by atoms with Crippen molar-refractivity contribution in [1.82, 2.24) is 4.90 Å².